The number of hydrogen-bond acceptors (Lipinski definition) is 5. The van der Waals surface area contributed by atoms with Gasteiger partial charge in [-0.3, -0.25) is 4.90 Å². The highest BCUT2D eigenvalue weighted by atomic mass is 16.5. The number of aliphatic hydroxyl groups excluding tert-OH is 1. The van der Waals surface area contributed by atoms with E-state index in [0.29, 0.717) is 32.7 Å². The largest absolute Gasteiger partial charge is 0.391 e. The lowest BCUT2D eigenvalue weighted by molar-refractivity contribution is -0.168. The smallest absolute Gasteiger partial charge is 0.0906 e. The number of ether oxygens (including phenoxy) is 2. The van der Waals surface area contributed by atoms with Crippen LogP contribution < -0.4 is 0 Å². The van der Waals surface area contributed by atoms with Gasteiger partial charge in [0.1, 0.15) is 0 Å². The van der Waals surface area contributed by atoms with Crippen LogP contribution in [0.2, 0.25) is 0 Å². The zero-order valence-corrected chi connectivity index (χ0v) is 13.3. The third-order valence-corrected chi connectivity index (χ3v) is 5.73. The summed E-state index contributed by atoms with van der Waals surface area (Å²) in [6.07, 6.45) is 0.549. The number of aliphatic hydroxyl groups is 2. The first kappa shape index (κ1) is 15.5. The molecule has 0 unspecified atom stereocenters. The van der Waals surface area contributed by atoms with E-state index in [1.807, 2.05) is 30.3 Å². The molecule has 23 heavy (non-hydrogen) atoms. The Balaban J connectivity index is 1.59. The predicted octanol–water partition coefficient (Wildman–Crippen LogP) is 0.961. The fraction of sp³-hybridized carbons (Fsp3) is 0.667. The molecule has 5 atom stereocenters. The number of fused-ring (bicyclic) bond motifs is 1. The van der Waals surface area contributed by atoms with Crippen LogP contribution in [0.25, 0.3) is 0 Å². The number of rotatable bonds is 2. The van der Waals surface area contributed by atoms with Crippen molar-refractivity contribution in [2.45, 2.75) is 36.7 Å². The minimum absolute atomic E-state index is 0.00491. The van der Waals surface area contributed by atoms with E-state index in [0.717, 1.165) is 18.7 Å². The van der Waals surface area contributed by atoms with Crippen LogP contribution in [0, 0.1) is 5.92 Å². The summed E-state index contributed by atoms with van der Waals surface area (Å²) in [4.78, 5) is 2.21. The second-order valence-electron chi connectivity index (χ2n) is 7.02. The Hall–Kier alpha value is -0.980. The molecule has 1 aliphatic carbocycles. The van der Waals surface area contributed by atoms with Gasteiger partial charge in [0.15, 0.2) is 0 Å². The molecule has 1 aromatic rings. The summed E-state index contributed by atoms with van der Waals surface area (Å²) in [6, 6.07) is 9.86. The normalized spacial score (nSPS) is 41.7. The van der Waals surface area contributed by atoms with Gasteiger partial charge in [-0.1, -0.05) is 30.3 Å². The van der Waals surface area contributed by atoms with Gasteiger partial charge in [-0.05, 0) is 12.0 Å². The average Bonchev–Trinajstić information content (AvgIpc) is 2.85. The summed E-state index contributed by atoms with van der Waals surface area (Å²) in [7, 11) is 0. The van der Waals surface area contributed by atoms with Crippen LogP contribution >= 0.6 is 0 Å². The lowest BCUT2D eigenvalue weighted by Crippen LogP contribution is -2.60. The number of benzene rings is 1. The molecule has 126 valence electrons. The molecule has 3 fully saturated rings. The Morgan fingerprint density at radius 2 is 1.87 bits per heavy atom. The van der Waals surface area contributed by atoms with Crippen molar-refractivity contribution >= 4 is 0 Å². The Labute approximate surface area is 136 Å². The molecule has 0 spiro atoms. The molecule has 3 aliphatic rings. The Kier molecular flexibility index (Phi) is 4.15. The number of morpholine rings is 1. The van der Waals surface area contributed by atoms with E-state index < -0.39 is 11.7 Å². The highest BCUT2D eigenvalue weighted by Gasteiger charge is 2.58. The van der Waals surface area contributed by atoms with Crippen LogP contribution in [0.1, 0.15) is 24.5 Å². The predicted molar refractivity (Wildman–Crippen MR) is 85.0 cm³/mol. The molecule has 1 saturated carbocycles. The van der Waals surface area contributed by atoms with Crippen molar-refractivity contribution in [3.8, 4) is 0 Å². The molecule has 2 saturated heterocycles. The lowest BCUT2D eigenvalue weighted by atomic mass is 9.79. The maximum Gasteiger partial charge on any atom is 0.0906 e. The molecule has 5 heteroatoms. The Morgan fingerprint density at radius 1 is 1.13 bits per heavy atom. The van der Waals surface area contributed by atoms with Crippen LogP contribution in [0.15, 0.2) is 30.3 Å². The van der Waals surface area contributed by atoms with Gasteiger partial charge in [0, 0.05) is 25.4 Å². The third-order valence-electron chi connectivity index (χ3n) is 5.73. The van der Waals surface area contributed by atoms with Gasteiger partial charge in [-0.25, -0.2) is 0 Å². The molecule has 0 bridgehead atoms. The topological polar surface area (TPSA) is 62.2 Å². The number of hydrogen-bond donors (Lipinski definition) is 2. The fourth-order valence-corrected chi connectivity index (χ4v) is 4.58. The summed E-state index contributed by atoms with van der Waals surface area (Å²) in [5, 5.41) is 22.1. The standard InChI is InChI=1S/C18H25NO4/c20-15-10-14-12-23-16(13-4-2-1-3-5-13)11-18(14,21)17(15)19-6-8-22-9-7-19/h1-5,14-17,20-21H,6-12H2/t14-,15-,16-,17+,18+/m1/s1. The molecule has 1 aromatic carbocycles. The van der Waals surface area contributed by atoms with Crippen molar-refractivity contribution in [2.75, 3.05) is 32.9 Å². The Morgan fingerprint density at radius 3 is 2.61 bits per heavy atom. The molecule has 0 aromatic heterocycles. The molecule has 2 N–H and O–H groups in total. The molecular formula is C18H25NO4. The van der Waals surface area contributed by atoms with Gasteiger partial charge in [0.2, 0.25) is 0 Å². The van der Waals surface area contributed by atoms with Crippen molar-refractivity contribution in [3.05, 3.63) is 35.9 Å². The van der Waals surface area contributed by atoms with Crippen molar-refractivity contribution in [2.24, 2.45) is 5.92 Å². The van der Waals surface area contributed by atoms with Gasteiger partial charge < -0.3 is 19.7 Å². The van der Waals surface area contributed by atoms with Crippen molar-refractivity contribution in [3.63, 3.8) is 0 Å². The van der Waals surface area contributed by atoms with E-state index >= 15 is 0 Å². The summed E-state index contributed by atoms with van der Waals surface area (Å²) in [5.74, 6) is 0.00491. The first-order valence-corrected chi connectivity index (χ1v) is 8.57. The van der Waals surface area contributed by atoms with E-state index in [4.69, 9.17) is 9.47 Å². The van der Waals surface area contributed by atoms with Crippen molar-refractivity contribution in [1.82, 2.24) is 4.90 Å². The van der Waals surface area contributed by atoms with E-state index in [9.17, 15) is 10.2 Å². The summed E-state index contributed by atoms with van der Waals surface area (Å²) in [5.41, 5.74) is 0.205. The summed E-state index contributed by atoms with van der Waals surface area (Å²) >= 11 is 0. The molecule has 2 heterocycles. The van der Waals surface area contributed by atoms with Crippen LogP contribution in [0.5, 0.6) is 0 Å². The summed E-state index contributed by atoms with van der Waals surface area (Å²) < 4.78 is 11.4. The van der Waals surface area contributed by atoms with Crippen LogP contribution in [0.3, 0.4) is 0 Å². The van der Waals surface area contributed by atoms with E-state index in [-0.39, 0.29) is 18.1 Å². The first-order valence-electron chi connectivity index (χ1n) is 8.57. The van der Waals surface area contributed by atoms with Crippen LogP contribution in [-0.2, 0) is 9.47 Å². The molecule has 5 nitrogen and oxygen atoms in total. The maximum absolute atomic E-state index is 11.5. The monoisotopic (exact) mass is 319 g/mol. The van der Waals surface area contributed by atoms with Crippen molar-refractivity contribution in [1.29, 1.82) is 0 Å². The average molecular weight is 319 g/mol. The van der Waals surface area contributed by atoms with E-state index in [2.05, 4.69) is 4.90 Å². The minimum atomic E-state index is -0.893. The van der Waals surface area contributed by atoms with Gasteiger partial charge in [-0.2, -0.15) is 0 Å². The number of nitrogens with zero attached hydrogens (tertiary/aromatic N) is 1. The van der Waals surface area contributed by atoms with Crippen molar-refractivity contribution < 1.29 is 19.7 Å². The fourth-order valence-electron chi connectivity index (χ4n) is 4.58. The maximum atomic E-state index is 11.5. The minimum Gasteiger partial charge on any atom is -0.391 e. The van der Waals surface area contributed by atoms with Gasteiger partial charge in [-0.15, -0.1) is 0 Å². The van der Waals surface area contributed by atoms with Gasteiger partial charge in [0.05, 0.1) is 43.7 Å². The molecular weight excluding hydrogens is 294 g/mol. The highest BCUT2D eigenvalue weighted by molar-refractivity contribution is 5.21. The van der Waals surface area contributed by atoms with E-state index in [1.54, 1.807) is 0 Å². The first-order chi connectivity index (χ1) is 11.2. The SMILES string of the molecule is O[C@@H]1C[C@@H]2CO[C@@H](c3ccccc3)C[C@@]2(O)[C@H]1N1CCOCC1. The lowest BCUT2D eigenvalue weighted by Gasteiger charge is -2.47. The highest BCUT2D eigenvalue weighted by Crippen LogP contribution is 2.48. The van der Waals surface area contributed by atoms with E-state index in [1.165, 1.54) is 0 Å². The quantitative estimate of drug-likeness (QED) is 0.850. The van der Waals surface area contributed by atoms with Crippen LogP contribution in [0.4, 0.5) is 0 Å². The zero-order chi connectivity index (χ0) is 15.9. The second-order valence-corrected chi connectivity index (χ2v) is 7.02. The summed E-state index contributed by atoms with van der Waals surface area (Å²) in [6.45, 7) is 3.39. The second kappa shape index (κ2) is 6.15. The van der Waals surface area contributed by atoms with Gasteiger partial charge in [0.25, 0.3) is 0 Å². The molecule has 2 aliphatic heterocycles. The van der Waals surface area contributed by atoms with Gasteiger partial charge >= 0.3 is 0 Å². The molecule has 0 amide bonds. The molecule has 0 radical (unpaired) electrons. The third kappa shape index (κ3) is 2.71. The van der Waals surface area contributed by atoms with Crippen LogP contribution in [-0.4, -0.2) is 65.8 Å². The zero-order valence-electron chi connectivity index (χ0n) is 13.3. The Bertz CT molecular complexity index is 533. The molecule has 4 rings (SSSR count).